The van der Waals surface area contributed by atoms with Crippen molar-refractivity contribution in [1.82, 2.24) is 9.21 Å². The van der Waals surface area contributed by atoms with Gasteiger partial charge in [0.2, 0.25) is 21.8 Å². The van der Waals surface area contributed by atoms with E-state index in [1.54, 1.807) is 0 Å². The third-order valence-corrected chi connectivity index (χ3v) is 6.96. The minimum absolute atomic E-state index is 0.137. The monoisotopic (exact) mass is 365 g/mol. The largest absolute Gasteiger partial charge is 0.298 e. The Kier molecular flexibility index (Phi) is 4.70. The van der Waals surface area contributed by atoms with Crippen molar-refractivity contribution in [3.05, 3.63) is 24.3 Å². The molecular formula is C17H23N3O4S. The summed E-state index contributed by atoms with van der Waals surface area (Å²) in [5.74, 6) is -0.496. The van der Waals surface area contributed by atoms with Crippen LogP contribution in [0, 0.1) is 0 Å². The second-order valence-corrected chi connectivity index (χ2v) is 8.74. The molecule has 0 aliphatic carbocycles. The van der Waals surface area contributed by atoms with E-state index in [4.69, 9.17) is 0 Å². The molecule has 2 aliphatic rings. The Balaban J connectivity index is 1.84. The number of benzene rings is 1. The van der Waals surface area contributed by atoms with Crippen LogP contribution in [0.15, 0.2) is 29.2 Å². The molecule has 8 heteroatoms. The number of sulfonamides is 1. The standard InChI is InChI=1S/C17H23N3O4S/c1-12-10-19(11-13(2)18(12)3)25(23,24)15-6-4-14(5-7-15)20-16(21)8-9-17(20)22/h4-7,12-13H,8-11H2,1-3H3. The lowest BCUT2D eigenvalue weighted by molar-refractivity contribution is -0.121. The molecule has 0 aromatic heterocycles. The van der Waals surface area contributed by atoms with Crippen LogP contribution in [-0.4, -0.2) is 61.7 Å². The molecule has 2 fully saturated rings. The lowest BCUT2D eigenvalue weighted by Gasteiger charge is -2.41. The van der Waals surface area contributed by atoms with Gasteiger partial charge >= 0.3 is 0 Å². The van der Waals surface area contributed by atoms with Gasteiger partial charge in [0.25, 0.3) is 0 Å². The zero-order valence-electron chi connectivity index (χ0n) is 14.7. The van der Waals surface area contributed by atoms with Crippen molar-refractivity contribution >= 4 is 27.5 Å². The van der Waals surface area contributed by atoms with Crippen molar-refractivity contribution in [3.63, 3.8) is 0 Å². The van der Waals surface area contributed by atoms with E-state index in [1.165, 1.54) is 28.6 Å². The molecule has 0 bridgehead atoms. The molecule has 136 valence electrons. The molecule has 2 heterocycles. The SMILES string of the molecule is CC1CN(S(=O)(=O)c2ccc(N3C(=O)CCC3=O)cc2)CC(C)N1C. The lowest BCUT2D eigenvalue weighted by atomic mass is 10.1. The summed E-state index contributed by atoms with van der Waals surface area (Å²) in [5.41, 5.74) is 0.423. The van der Waals surface area contributed by atoms with Crippen LogP contribution in [0.4, 0.5) is 5.69 Å². The highest BCUT2D eigenvalue weighted by molar-refractivity contribution is 7.89. The van der Waals surface area contributed by atoms with E-state index in [1.807, 2.05) is 20.9 Å². The molecule has 2 atom stereocenters. The number of anilines is 1. The Morgan fingerprint density at radius 3 is 1.88 bits per heavy atom. The first-order chi connectivity index (χ1) is 11.7. The third kappa shape index (κ3) is 3.21. The predicted octanol–water partition coefficient (Wildman–Crippen LogP) is 1.05. The minimum atomic E-state index is -3.60. The number of nitrogens with zero attached hydrogens (tertiary/aromatic N) is 3. The van der Waals surface area contributed by atoms with Crippen molar-refractivity contribution in [2.24, 2.45) is 0 Å². The Morgan fingerprint density at radius 1 is 0.920 bits per heavy atom. The molecule has 0 N–H and O–H groups in total. The van der Waals surface area contributed by atoms with E-state index >= 15 is 0 Å². The minimum Gasteiger partial charge on any atom is -0.298 e. The highest BCUT2D eigenvalue weighted by Gasteiger charge is 2.35. The predicted molar refractivity (Wildman–Crippen MR) is 93.6 cm³/mol. The number of likely N-dealkylation sites (N-methyl/N-ethyl adjacent to an activating group) is 1. The van der Waals surface area contributed by atoms with Gasteiger partial charge in [-0.25, -0.2) is 8.42 Å². The van der Waals surface area contributed by atoms with E-state index in [2.05, 4.69) is 4.90 Å². The Labute approximate surface area is 148 Å². The van der Waals surface area contributed by atoms with Gasteiger partial charge in [0.05, 0.1) is 10.6 Å². The Bertz CT molecular complexity index is 763. The van der Waals surface area contributed by atoms with Crippen molar-refractivity contribution in [2.75, 3.05) is 25.0 Å². The summed E-state index contributed by atoms with van der Waals surface area (Å²) < 4.78 is 27.3. The third-order valence-electron chi connectivity index (χ3n) is 5.11. The molecule has 1 aromatic rings. The summed E-state index contributed by atoms with van der Waals surface area (Å²) in [5, 5.41) is 0. The smallest absolute Gasteiger partial charge is 0.243 e. The Hall–Kier alpha value is -1.77. The molecule has 0 spiro atoms. The van der Waals surface area contributed by atoms with Gasteiger partial charge in [0.15, 0.2) is 0 Å². The molecular weight excluding hydrogens is 342 g/mol. The van der Waals surface area contributed by atoms with Crippen LogP contribution in [0.3, 0.4) is 0 Å². The van der Waals surface area contributed by atoms with Gasteiger partial charge in [0, 0.05) is 38.0 Å². The topological polar surface area (TPSA) is 78.0 Å². The van der Waals surface area contributed by atoms with Crippen LogP contribution in [-0.2, 0) is 19.6 Å². The first-order valence-corrected chi connectivity index (χ1v) is 9.83. The summed E-state index contributed by atoms with van der Waals surface area (Å²) in [6.45, 7) is 4.89. The molecule has 25 heavy (non-hydrogen) atoms. The molecule has 2 unspecified atom stereocenters. The second kappa shape index (κ2) is 6.51. The maximum Gasteiger partial charge on any atom is 0.243 e. The van der Waals surface area contributed by atoms with Crippen LogP contribution >= 0.6 is 0 Å². The molecule has 7 nitrogen and oxygen atoms in total. The van der Waals surface area contributed by atoms with Crippen LogP contribution in [0.5, 0.6) is 0 Å². The first-order valence-electron chi connectivity index (χ1n) is 8.39. The van der Waals surface area contributed by atoms with Gasteiger partial charge in [-0.1, -0.05) is 0 Å². The van der Waals surface area contributed by atoms with Gasteiger partial charge in [-0.3, -0.25) is 19.4 Å². The van der Waals surface area contributed by atoms with Crippen molar-refractivity contribution in [2.45, 2.75) is 43.7 Å². The number of carbonyl (C=O) groups is 2. The Morgan fingerprint density at radius 2 is 1.40 bits per heavy atom. The highest BCUT2D eigenvalue weighted by atomic mass is 32.2. The number of hydrogen-bond acceptors (Lipinski definition) is 5. The average molecular weight is 365 g/mol. The highest BCUT2D eigenvalue weighted by Crippen LogP contribution is 2.26. The van der Waals surface area contributed by atoms with Gasteiger partial charge in [-0.05, 0) is 45.2 Å². The fourth-order valence-corrected chi connectivity index (χ4v) is 4.94. The van der Waals surface area contributed by atoms with E-state index in [-0.39, 0.29) is 41.6 Å². The van der Waals surface area contributed by atoms with Gasteiger partial charge in [-0.15, -0.1) is 0 Å². The molecule has 2 saturated heterocycles. The lowest BCUT2D eigenvalue weighted by Crippen LogP contribution is -2.56. The summed E-state index contributed by atoms with van der Waals surface area (Å²) in [6.07, 6.45) is 0.409. The summed E-state index contributed by atoms with van der Waals surface area (Å²) >= 11 is 0. The normalized spacial score (nSPS) is 26.4. The van der Waals surface area contributed by atoms with E-state index in [0.717, 1.165) is 4.90 Å². The fraction of sp³-hybridized carbons (Fsp3) is 0.529. The number of rotatable bonds is 3. The second-order valence-electron chi connectivity index (χ2n) is 6.80. The summed E-state index contributed by atoms with van der Waals surface area (Å²) in [4.78, 5) is 27.1. The van der Waals surface area contributed by atoms with Crippen LogP contribution in [0.25, 0.3) is 0 Å². The van der Waals surface area contributed by atoms with E-state index in [0.29, 0.717) is 18.8 Å². The van der Waals surface area contributed by atoms with E-state index in [9.17, 15) is 18.0 Å². The molecule has 0 radical (unpaired) electrons. The van der Waals surface area contributed by atoms with Crippen molar-refractivity contribution in [1.29, 1.82) is 0 Å². The van der Waals surface area contributed by atoms with Gasteiger partial charge in [-0.2, -0.15) is 4.31 Å². The first kappa shape index (κ1) is 18.0. The van der Waals surface area contributed by atoms with Crippen molar-refractivity contribution < 1.29 is 18.0 Å². The van der Waals surface area contributed by atoms with Crippen LogP contribution in [0.1, 0.15) is 26.7 Å². The summed E-state index contributed by atoms with van der Waals surface area (Å²) in [7, 11) is -1.60. The zero-order chi connectivity index (χ0) is 18.4. The average Bonchev–Trinajstić information content (AvgIpc) is 2.91. The zero-order valence-corrected chi connectivity index (χ0v) is 15.5. The van der Waals surface area contributed by atoms with Gasteiger partial charge in [0.1, 0.15) is 0 Å². The number of amides is 2. The molecule has 2 amide bonds. The molecule has 2 aliphatic heterocycles. The van der Waals surface area contributed by atoms with Crippen LogP contribution in [0.2, 0.25) is 0 Å². The van der Waals surface area contributed by atoms with Gasteiger partial charge < -0.3 is 0 Å². The molecule has 0 saturated carbocycles. The maximum atomic E-state index is 12.9. The maximum absolute atomic E-state index is 12.9. The summed E-state index contributed by atoms with van der Waals surface area (Å²) in [6, 6.07) is 6.26. The molecule has 1 aromatic carbocycles. The number of piperazine rings is 1. The number of imide groups is 1. The fourth-order valence-electron chi connectivity index (χ4n) is 3.33. The number of hydrogen-bond donors (Lipinski definition) is 0. The van der Waals surface area contributed by atoms with Crippen molar-refractivity contribution in [3.8, 4) is 0 Å². The van der Waals surface area contributed by atoms with E-state index < -0.39 is 10.0 Å². The molecule has 3 rings (SSSR count). The quantitative estimate of drug-likeness (QED) is 0.749. The number of carbonyl (C=O) groups excluding carboxylic acids is 2. The van der Waals surface area contributed by atoms with Crippen LogP contribution < -0.4 is 4.90 Å².